The van der Waals surface area contributed by atoms with Crippen LogP contribution in [0.15, 0.2) is 48.5 Å². The fraction of sp³-hybridized carbons (Fsp3) is 0.143. The number of fused-ring (bicyclic) bond motifs is 2. The van der Waals surface area contributed by atoms with Crippen molar-refractivity contribution in [1.29, 1.82) is 0 Å². The van der Waals surface area contributed by atoms with Crippen LogP contribution in [0.25, 0.3) is 0 Å². The summed E-state index contributed by atoms with van der Waals surface area (Å²) < 4.78 is 26.1. The summed E-state index contributed by atoms with van der Waals surface area (Å²) in [4.78, 5) is 0. The zero-order chi connectivity index (χ0) is 13.8. The molecule has 2 aliphatic rings. The second-order valence-corrected chi connectivity index (χ2v) is 7.96. The second-order valence-electron chi connectivity index (χ2n) is 4.88. The van der Waals surface area contributed by atoms with E-state index in [9.17, 15) is 0 Å². The van der Waals surface area contributed by atoms with Gasteiger partial charge in [-0.25, -0.2) is 0 Å². The van der Waals surface area contributed by atoms with Crippen LogP contribution in [0.2, 0.25) is 0 Å². The number of hydrogen-bond donors (Lipinski definition) is 0. The van der Waals surface area contributed by atoms with Crippen LogP contribution >= 0.6 is 7.66 Å². The molecule has 6 heteroatoms. The average molecular weight is 291 g/mol. The molecule has 0 amide bonds. The fourth-order valence-corrected chi connectivity index (χ4v) is 5.09. The van der Waals surface area contributed by atoms with Crippen molar-refractivity contribution in [3.05, 3.63) is 48.5 Å². The molecular weight excluding hydrogens is 277 g/mol. The van der Waals surface area contributed by atoms with Crippen LogP contribution in [0.4, 0.5) is 0 Å². The first-order valence-corrected chi connectivity index (χ1v) is 8.16. The van der Waals surface area contributed by atoms with E-state index in [1.54, 1.807) is 4.67 Å². The van der Waals surface area contributed by atoms with Crippen LogP contribution in [0.3, 0.4) is 0 Å². The summed E-state index contributed by atoms with van der Waals surface area (Å²) in [6.07, 6.45) is 0. The summed E-state index contributed by atoms with van der Waals surface area (Å²) >= 11 is 0. The second kappa shape index (κ2) is 3.57. The van der Waals surface area contributed by atoms with Crippen LogP contribution in [0.5, 0.6) is 23.0 Å². The van der Waals surface area contributed by atoms with Gasteiger partial charge in [0.25, 0.3) is 0 Å². The summed E-state index contributed by atoms with van der Waals surface area (Å²) in [6.45, 7) is 0. The summed E-state index contributed by atoms with van der Waals surface area (Å²) in [5.74, 6) is 2.52. The molecule has 0 atom stereocenters. The molecule has 0 aliphatic carbocycles. The molecule has 0 aromatic heterocycles. The molecule has 2 heterocycles. The minimum absolute atomic E-state index is 0.631. The Kier molecular flexibility index (Phi) is 2.11. The molecule has 0 fully saturated rings. The minimum atomic E-state index is -3.86. The van der Waals surface area contributed by atoms with Crippen LogP contribution in [0.1, 0.15) is 0 Å². The maximum absolute atomic E-state index is 6.08. The SMILES string of the molecule is CN(C)P12(Oc3ccccc3O1)Oc1ccccc1O2. The van der Waals surface area contributed by atoms with Crippen molar-refractivity contribution in [2.24, 2.45) is 0 Å². The Hall–Kier alpha value is -1.97. The van der Waals surface area contributed by atoms with Gasteiger partial charge in [-0.1, -0.05) is 0 Å². The number of rotatable bonds is 1. The van der Waals surface area contributed by atoms with Crippen LogP contribution in [-0.4, -0.2) is 18.8 Å². The number of hydrogen-bond acceptors (Lipinski definition) is 5. The molecule has 0 saturated carbocycles. The third-order valence-electron chi connectivity index (χ3n) is 3.36. The third-order valence-corrected chi connectivity index (χ3v) is 6.67. The molecule has 20 heavy (non-hydrogen) atoms. The van der Waals surface area contributed by atoms with Gasteiger partial charge in [0, 0.05) is 0 Å². The van der Waals surface area contributed by atoms with E-state index in [-0.39, 0.29) is 0 Å². The molecule has 2 aromatic rings. The van der Waals surface area contributed by atoms with E-state index in [4.69, 9.17) is 18.1 Å². The zero-order valence-corrected chi connectivity index (χ0v) is 12.0. The van der Waals surface area contributed by atoms with E-state index in [0.717, 1.165) is 0 Å². The molecule has 0 N–H and O–H groups in total. The van der Waals surface area contributed by atoms with Gasteiger partial charge >= 0.3 is 116 Å². The van der Waals surface area contributed by atoms with Crippen LogP contribution < -0.4 is 18.1 Å². The van der Waals surface area contributed by atoms with E-state index < -0.39 is 7.66 Å². The summed E-state index contributed by atoms with van der Waals surface area (Å²) in [6, 6.07) is 14.9. The molecule has 4 rings (SSSR count). The van der Waals surface area contributed by atoms with Gasteiger partial charge in [-0.3, -0.25) is 0 Å². The van der Waals surface area contributed by atoms with Crippen molar-refractivity contribution < 1.29 is 18.1 Å². The molecule has 104 valence electrons. The Balaban J connectivity index is 1.86. The first-order valence-electron chi connectivity index (χ1n) is 6.30. The fourth-order valence-electron chi connectivity index (χ4n) is 2.30. The first kappa shape index (κ1) is 11.8. The van der Waals surface area contributed by atoms with Gasteiger partial charge in [0.2, 0.25) is 0 Å². The number of benzene rings is 2. The van der Waals surface area contributed by atoms with Crippen molar-refractivity contribution in [2.45, 2.75) is 0 Å². The van der Waals surface area contributed by atoms with Gasteiger partial charge in [0.15, 0.2) is 0 Å². The van der Waals surface area contributed by atoms with Crippen molar-refractivity contribution in [2.75, 3.05) is 14.1 Å². The molecule has 1 spiro atoms. The molecule has 0 radical (unpaired) electrons. The summed E-state index contributed by atoms with van der Waals surface area (Å²) in [5, 5.41) is 0. The molecule has 0 bridgehead atoms. The van der Waals surface area contributed by atoms with Crippen molar-refractivity contribution in [3.63, 3.8) is 0 Å². The Labute approximate surface area is 116 Å². The summed E-state index contributed by atoms with van der Waals surface area (Å²) in [5.41, 5.74) is 0. The summed E-state index contributed by atoms with van der Waals surface area (Å²) in [7, 11) is -0.203. The number of para-hydroxylation sites is 4. The molecule has 5 nitrogen and oxygen atoms in total. The molecule has 0 unspecified atom stereocenters. The van der Waals surface area contributed by atoms with Gasteiger partial charge in [-0.15, -0.1) is 0 Å². The Bertz CT molecular complexity index is 590. The van der Waals surface area contributed by atoms with Crippen molar-refractivity contribution in [1.82, 2.24) is 4.67 Å². The topological polar surface area (TPSA) is 40.2 Å². The first-order chi connectivity index (χ1) is 9.61. The van der Waals surface area contributed by atoms with Crippen LogP contribution in [0, 0.1) is 0 Å². The zero-order valence-electron chi connectivity index (χ0n) is 11.1. The molecule has 2 aromatic carbocycles. The van der Waals surface area contributed by atoms with Gasteiger partial charge in [0.1, 0.15) is 0 Å². The van der Waals surface area contributed by atoms with E-state index >= 15 is 0 Å². The van der Waals surface area contributed by atoms with E-state index in [1.807, 2.05) is 62.6 Å². The van der Waals surface area contributed by atoms with E-state index in [0.29, 0.717) is 23.0 Å². The third kappa shape index (κ3) is 1.34. The maximum atomic E-state index is 6.08. The monoisotopic (exact) mass is 291 g/mol. The standard InChI is InChI=1S/C14H14NO4P/c1-15(2)20(16-11-7-3-4-8-12(11)17-20)18-13-9-5-6-10-14(13)19-20/h3-10H,1-2H3. The Morgan fingerprint density at radius 2 is 0.950 bits per heavy atom. The van der Waals surface area contributed by atoms with Crippen molar-refractivity contribution in [3.8, 4) is 23.0 Å². The quantitative estimate of drug-likeness (QED) is 0.750. The van der Waals surface area contributed by atoms with Crippen molar-refractivity contribution >= 4 is 7.66 Å². The predicted molar refractivity (Wildman–Crippen MR) is 76.0 cm³/mol. The molecular formula is C14H14NO4P. The van der Waals surface area contributed by atoms with Gasteiger partial charge in [0.05, 0.1) is 0 Å². The van der Waals surface area contributed by atoms with Crippen LogP contribution in [-0.2, 0) is 0 Å². The Morgan fingerprint density at radius 1 is 0.650 bits per heavy atom. The number of nitrogens with zero attached hydrogens (tertiary/aromatic N) is 1. The van der Waals surface area contributed by atoms with E-state index in [1.165, 1.54) is 0 Å². The van der Waals surface area contributed by atoms with Gasteiger partial charge in [-0.2, -0.15) is 0 Å². The molecule has 2 aliphatic heterocycles. The van der Waals surface area contributed by atoms with Gasteiger partial charge in [-0.05, 0) is 0 Å². The Morgan fingerprint density at radius 3 is 1.20 bits per heavy atom. The predicted octanol–water partition coefficient (Wildman–Crippen LogP) is 3.62. The van der Waals surface area contributed by atoms with Gasteiger partial charge < -0.3 is 0 Å². The van der Waals surface area contributed by atoms with E-state index in [2.05, 4.69) is 0 Å². The average Bonchev–Trinajstić information content (AvgIpc) is 2.94. The molecule has 0 saturated heterocycles. The normalized spacial score (nSPS) is 21.6.